The van der Waals surface area contributed by atoms with Crippen LogP contribution in [0, 0.1) is 0 Å². The van der Waals surface area contributed by atoms with E-state index in [-0.39, 0.29) is 5.91 Å². The van der Waals surface area contributed by atoms with Crippen LogP contribution in [0.1, 0.15) is 37.7 Å². The summed E-state index contributed by atoms with van der Waals surface area (Å²) in [6.07, 6.45) is 6.92. The Kier molecular flexibility index (Phi) is 6.54. The van der Waals surface area contributed by atoms with Gasteiger partial charge in [-0.25, -0.2) is 0 Å². The summed E-state index contributed by atoms with van der Waals surface area (Å²) < 4.78 is 5.32. The van der Waals surface area contributed by atoms with Crippen molar-refractivity contribution in [2.75, 3.05) is 20.2 Å². The Morgan fingerprint density at radius 2 is 2.00 bits per heavy atom. The fourth-order valence-corrected chi connectivity index (χ4v) is 2.86. The highest BCUT2D eigenvalue weighted by atomic mass is 16.5. The first-order chi connectivity index (χ1) is 10.3. The van der Waals surface area contributed by atoms with E-state index in [4.69, 9.17) is 4.74 Å². The molecular formula is C17H26N2O2. The summed E-state index contributed by atoms with van der Waals surface area (Å²) in [5.41, 5.74) is 1.17. The maximum absolute atomic E-state index is 11.8. The van der Waals surface area contributed by atoms with E-state index < -0.39 is 0 Å². The Hall–Kier alpha value is -1.55. The normalized spacial score (nSPS) is 15.7. The van der Waals surface area contributed by atoms with Gasteiger partial charge in [0.05, 0.1) is 13.7 Å². The second kappa shape index (κ2) is 8.67. The Labute approximate surface area is 127 Å². The van der Waals surface area contributed by atoms with E-state index in [9.17, 15) is 4.79 Å². The lowest BCUT2D eigenvalue weighted by atomic mass is 9.95. The van der Waals surface area contributed by atoms with Crippen LogP contribution in [0.3, 0.4) is 0 Å². The minimum atomic E-state index is 0.113. The van der Waals surface area contributed by atoms with Gasteiger partial charge in [-0.05, 0) is 37.4 Å². The average Bonchev–Trinajstić information content (AvgIpc) is 2.53. The van der Waals surface area contributed by atoms with Gasteiger partial charge in [-0.15, -0.1) is 0 Å². The third-order valence-electron chi connectivity index (χ3n) is 4.02. The highest BCUT2D eigenvalue weighted by molar-refractivity contribution is 5.78. The number of hydrogen-bond acceptors (Lipinski definition) is 3. The molecule has 1 aliphatic carbocycles. The van der Waals surface area contributed by atoms with Gasteiger partial charge in [-0.3, -0.25) is 4.79 Å². The van der Waals surface area contributed by atoms with E-state index in [1.807, 2.05) is 18.2 Å². The van der Waals surface area contributed by atoms with E-state index in [0.717, 1.165) is 31.6 Å². The van der Waals surface area contributed by atoms with Crippen LogP contribution >= 0.6 is 0 Å². The van der Waals surface area contributed by atoms with E-state index in [0.29, 0.717) is 12.6 Å². The number of nitrogens with one attached hydrogen (secondary N) is 2. The Bertz CT molecular complexity index is 442. The number of benzene rings is 1. The third kappa shape index (κ3) is 5.38. The smallest absolute Gasteiger partial charge is 0.234 e. The van der Waals surface area contributed by atoms with Crippen molar-refractivity contribution in [3.8, 4) is 5.75 Å². The molecule has 1 amide bonds. The standard InChI is InChI=1S/C17H26N2O2/c1-21-16-10-6-5-7-14(16)11-12-18-13-17(20)19-15-8-3-2-4-9-15/h5-7,10,15,18H,2-4,8-9,11-13H2,1H3,(H,19,20). The van der Waals surface area contributed by atoms with Crippen molar-refractivity contribution in [1.82, 2.24) is 10.6 Å². The fourth-order valence-electron chi connectivity index (χ4n) is 2.86. The minimum Gasteiger partial charge on any atom is -0.496 e. The quantitative estimate of drug-likeness (QED) is 0.758. The Morgan fingerprint density at radius 3 is 2.76 bits per heavy atom. The minimum absolute atomic E-state index is 0.113. The van der Waals surface area contributed by atoms with Gasteiger partial charge in [-0.2, -0.15) is 0 Å². The molecule has 1 saturated carbocycles. The molecule has 1 aliphatic rings. The van der Waals surface area contributed by atoms with Gasteiger partial charge in [0.25, 0.3) is 0 Å². The van der Waals surface area contributed by atoms with E-state index in [1.165, 1.54) is 24.8 Å². The molecule has 2 N–H and O–H groups in total. The van der Waals surface area contributed by atoms with Crippen molar-refractivity contribution < 1.29 is 9.53 Å². The molecule has 1 fully saturated rings. The molecule has 1 aromatic carbocycles. The number of amides is 1. The van der Waals surface area contributed by atoms with Crippen LogP contribution in [0.25, 0.3) is 0 Å². The van der Waals surface area contributed by atoms with E-state index >= 15 is 0 Å². The summed E-state index contributed by atoms with van der Waals surface area (Å²) in [6, 6.07) is 8.39. The molecule has 0 atom stereocenters. The largest absolute Gasteiger partial charge is 0.496 e. The number of carbonyl (C=O) groups is 1. The van der Waals surface area contributed by atoms with Crippen LogP contribution in [-0.2, 0) is 11.2 Å². The van der Waals surface area contributed by atoms with Crippen molar-refractivity contribution in [2.24, 2.45) is 0 Å². The van der Waals surface area contributed by atoms with Crippen molar-refractivity contribution in [1.29, 1.82) is 0 Å². The van der Waals surface area contributed by atoms with E-state index in [1.54, 1.807) is 7.11 Å². The van der Waals surface area contributed by atoms with Crippen molar-refractivity contribution in [2.45, 2.75) is 44.6 Å². The number of rotatable bonds is 7. The molecular weight excluding hydrogens is 264 g/mol. The first-order valence-electron chi connectivity index (χ1n) is 7.91. The molecule has 0 bridgehead atoms. The molecule has 0 aliphatic heterocycles. The SMILES string of the molecule is COc1ccccc1CCNCC(=O)NC1CCCCC1. The summed E-state index contributed by atoms with van der Waals surface area (Å²) in [4.78, 5) is 11.8. The predicted molar refractivity (Wildman–Crippen MR) is 84.6 cm³/mol. The molecule has 116 valence electrons. The van der Waals surface area contributed by atoms with Crippen LogP contribution in [0.15, 0.2) is 24.3 Å². The first-order valence-corrected chi connectivity index (χ1v) is 7.91. The van der Waals surface area contributed by atoms with Gasteiger partial charge >= 0.3 is 0 Å². The number of ether oxygens (including phenoxy) is 1. The summed E-state index contributed by atoms with van der Waals surface area (Å²) in [7, 11) is 1.68. The lowest BCUT2D eigenvalue weighted by Gasteiger charge is -2.22. The highest BCUT2D eigenvalue weighted by Gasteiger charge is 2.15. The maximum Gasteiger partial charge on any atom is 0.234 e. The Morgan fingerprint density at radius 1 is 1.24 bits per heavy atom. The van der Waals surface area contributed by atoms with Gasteiger partial charge in [0.15, 0.2) is 0 Å². The second-order valence-corrected chi connectivity index (χ2v) is 5.64. The van der Waals surface area contributed by atoms with Crippen LogP contribution in [0.5, 0.6) is 5.75 Å². The zero-order valence-corrected chi connectivity index (χ0v) is 12.9. The predicted octanol–water partition coefficient (Wildman–Crippen LogP) is 2.28. The molecule has 0 spiro atoms. The van der Waals surface area contributed by atoms with Crippen molar-refractivity contribution >= 4 is 5.91 Å². The monoisotopic (exact) mass is 290 g/mol. The molecule has 4 nitrogen and oxygen atoms in total. The van der Waals surface area contributed by atoms with Crippen LogP contribution in [-0.4, -0.2) is 32.1 Å². The molecule has 2 rings (SSSR count). The van der Waals surface area contributed by atoms with Crippen LogP contribution in [0.2, 0.25) is 0 Å². The molecule has 0 aromatic heterocycles. The molecule has 1 aromatic rings. The maximum atomic E-state index is 11.8. The summed E-state index contributed by atoms with van der Waals surface area (Å²) in [5.74, 6) is 1.02. The van der Waals surface area contributed by atoms with Crippen LogP contribution < -0.4 is 15.4 Å². The van der Waals surface area contributed by atoms with Crippen molar-refractivity contribution in [3.05, 3.63) is 29.8 Å². The van der Waals surface area contributed by atoms with Gasteiger partial charge in [-0.1, -0.05) is 37.5 Å². The third-order valence-corrected chi connectivity index (χ3v) is 4.02. The molecule has 0 radical (unpaired) electrons. The van der Waals surface area contributed by atoms with Gasteiger partial charge in [0, 0.05) is 6.04 Å². The number of para-hydroxylation sites is 1. The average molecular weight is 290 g/mol. The van der Waals surface area contributed by atoms with Crippen LogP contribution in [0.4, 0.5) is 0 Å². The zero-order valence-electron chi connectivity index (χ0n) is 12.9. The van der Waals surface area contributed by atoms with Gasteiger partial charge in [0.2, 0.25) is 5.91 Å². The molecule has 0 unspecified atom stereocenters. The summed E-state index contributed by atoms with van der Waals surface area (Å²) in [5, 5.41) is 6.32. The van der Waals surface area contributed by atoms with Gasteiger partial charge in [0.1, 0.15) is 5.75 Å². The fraction of sp³-hybridized carbons (Fsp3) is 0.588. The molecule has 21 heavy (non-hydrogen) atoms. The van der Waals surface area contributed by atoms with Gasteiger partial charge < -0.3 is 15.4 Å². The lowest BCUT2D eigenvalue weighted by molar-refractivity contribution is -0.121. The summed E-state index contributed by atoms with van der Waals surface area (Å²) in [6.45, 7) is 1.17. The second-order valence-electron chi connectivity index (χ2n) is 5.64. The number of hydrogen-bond donors (Lipinski definition) is 2. The lowest BCUT2D eigenvalue weighted by Crippen LogP contribution is -2.41. The van der Waals surface area contributed by atoms with Crippen molar-refractivity contribution in [3.63, 3.8) is 0 Å². The topological polar surface area (TPSA) is 50.4 Å². The molecule has 0 saturated heterocycles. The zero-order chi connectivity index (χ0) is 14.9. The highest BCUT2D eigenvalue weighted by Crippen LogP contribution is 2.18. The number of methoxy groups -OCH3 is 1. The van der Waals surface area contributed by atoms with E-state index in [2.05, 4.69) is 16.7 Å². The first kappa shape index (κ1) is 15.8. The number of carbonyl (C=O) groups excluding carboxylic acids is 1. The molecule has 4 heteroatoms. The molecule has 0 heterocycles. The Balaban J connectivity index is 1.63. The summed E-state index contributed by atoms with van der Waals surface area (Å²) >= 11 is 0.